The van der Waals surface area contributed by atoms with Crippen LogP contribution in [0.5, 0.6) is 0 Å². The molecule has 9 nitrogen and oxygen atoms in total. The first kappa shape index (κ1) is 20.7. The van der Waals surface area contributed by atoms with Crippen LogP contribution >= 0.6 is 11.3 Å². The summed E-state index contributed by atoms with van der Waals surface area (Å²) in [6.45, 7) is 0. The largest absolute Gasteiger partial charge is 0.368 e. The van der Waals surface area contributed by atoms with Gasteiger partial charge >= 0.3 is 0 Å². The number of amidine groups is 1. The first-order chi connectivity index (χ1) is 13.7. The average Bonchev–Trinajstić information content (AvgIpc) is 3.12. The van der Waals surface area contributed by atoms with Crippen molar-refractivity contribution in [3.8, 4) is 0 Å². The Kier molecular flexibility index (Phi) is 5.84. The van der Waals surface area contributed by atoms with E-state index < -0.39 is 29.6 Å². The molecule has 1 amide bonds. The van der Waals surface area contributed by atoms with Crippen LogP contribution in [0.1, 0.15) is 19.3 Å². The van der Waals surface area contributed by atoms with Gasteiger partial charge in [0, 0.05) is 12.1 Å². The molecule has 1 saturated carbocycles. The molecule has 8 N–H and O–H groups in total. The van der Waals surface area contributed by atoms with Gasteiger partial charge in [-0.25, -0.2) is 18.8 Å². The Bertz CT molecular complexity index is 1000. The molecule has 154 valence electrons. The number of aliphatic imine (C=N–C) groups is 2. The fraction of sp³-hybridized carbons (Fsp3) is 0.353. The maximum absolute atomic E-state index is 13.8. The molecule has 1 aliphatic carbocycles. The van der Waals surface area contributed by atoms with Crippen molar-refractivity contribution in [1.82, 2.24) is 4.98 Å². The van der Waals surface area contributed by atoms with Crippen LogP contribution in [0.15, 0.2) is 33.7 Å². The van der Waals surface area contributed by atoms with E-state index in [1.54, 1.807) is 23.7 Å². The highest BCUT2D eigenvalue weighted by molar-refractivity contribution is 7.16. The van der Waals surface area contributed by atoms with Crippen molar-refractivity contribution in [3.63, 3.8) is 0 Å². The Hall–Kier alpha value is -2.99. The minimum absolute atomic E-state index is 0.252. The number of alkyl halides is 2. The van der Waals surface area contributed by atoms with Crippen LogP contribution in [0.2, 0.25) is 0 Å². The predicted molar refractivity (Wildman–Crippen MR) is 110 cm³/mol. The predicted octanol–water partition coefficient (Wildman–Crippen LogP) is 1.44. The number of amides is 1. The monoisotopic (exact) mass is 422 g/mol. The molecule has 0 unspecified atom stereocenters. The van der Waals surface area contributed by atoms with Gasteiger partial charge < -0.3 is 22.5 Å². The number of hydrogen-bond acceptors (Lipinski definition) is 6. The SMILES string of the molecule is N=C(C(N)=O)C(=NC(N)=N[C@@H]1CCCC(F)(F)[C@@H]1N)Nc1ccc2scnc2c1. The molecule has 1 heterocycles. The molecular formula is C17H20F2N8OS. The highest BCUT2D eigenvalue weighted by Gasteiger charge is 2.44. The maximum atomic E-state index is 13.8. The summed E-state index contributed by atoms with van der Waals surface area (Å²) in [6.07, 6.45) is 0.285. The first-order valence-corrected chi connectivity index (χ1v) is 9.59. The zero-order valence-electron chi connectivity index (χ0n) is 15.2. The summed E-state index contributed by atoms with van der Waals surface area (Å²) >= 11 is 1.46. The number of nitrogens with zero attached hydrogens (tertiary/aromatic N) is 3. The molecule has 12 heteroatoms. The second-order valence-electron chi connectivity index (χ2n) is 6.59. The first-order valence-electron chi connectivity index (χ1n) is 8.72. The third-order valence-corrected chi connectivity index (χ3v) is 5.32. The number of primary amides is 1. The molecule has 1 fully saturated rings. The standard InChI is InChI=1S/C17H20F2N8OS/c18-17(19)5-1-2-9(13(17)21)26-16(23)27-15(12(20)14(22)28)25-8-3-4-11-10(6-8)24-7-29-11/h3-4,6-7,9,13,20H,1-2,5,21H2,(H2,22,28)(H3,23,25,26,27)/t9-,13-/m1/s1. The summed E-state index contributed by atoms with van der Waals surface area (Å²) in [4.78, 5) is 23.6. The van der Waals surface area contributed by atoms with Gasteiger partial charge in [-0.05, 0) is 31.0 Å². The van der Waals surface area contributed by atoms with Gasteiger partial charge in [-0.3, -0.25) is 10.2 Å². The number of fused-ring (bicyclic) bond motifs is 1. The number of carbonyl (C=O) groups is 1. The Morgan fingerprint density at radius 3 is 2.86 bits per heavy atom. The number of aromatic nitrogens is 1. The molecule has 2 atom stereocenters. The van der Waals surface area contributed by atoms with Crippen LogP contribution in [-0.2, 0) is 4.79 Å². The number of benzene rings is 1. The van der Waals surface area contributed by atoms with E-state index >= 15 is 0 Å². The van der Waals surface area contributed by atoms with E-state index in [0.29, 0.717) is 17.6 Å². The van der Waals surface area contributed by atoms with Crippen molar-refractivity contribution >= 4 is 50.7 Å². The smallest absolute Gasteiger partial charge is 0.270 e. The summed E-state index contributed by atoms with van der Waals surface area (Å²) < 4.78 is 28.6. The molecule has 2 aromatic rings. The van der Waals surface area contributed by atoms with E-state index in [4.69, 9.17) is 22.6 Å². The van der Waals surface area contributed by atoms with Crippen LogP contribution < -0.4 is 22.5 Å². The molecule has 3 rings (SSSR count). The van der Waals surface area contributed by atoms with Crippen molar-refractivity contribution < 1.29 is 13.6 Å². The molecule has 0 radical (unpaired) electrons. The topological polar surface area (TPSA) is 169 Å². The lowest BCUT2D eigenvalue weighted by atomic mass is 9.88. The number of thiazole rings is 1. The third-order valence-electron chi connectivity index (χ3n) is 4.51. The third kappa shape index (κ3) is 4.71. The molecule has 29 heavy (non-hydrogen) atoms. The van der Waals surface area contributed by atoms with E-state index in [0.717, 1.165) is 4.70 Å². The van der Waals surface area contributed by atoms with Gasteiger partial charge in [0.1, 0.15) is 0 Å². The quantitative estimate of drug-likeness (QED) is 0.370. The molecule has 1 aromatic heterocycles. The van der Waals surface area contributed by atoms with E-state index in [1.807, 2.05) is 0 Å². The van der Waals surface area contributed by atoms with E-state index in [-0.39, 0.29) is 24.6 Å². The summed E-state index contributed by atoms with van der Waals surface area (Å²) in [6, 6.07) is 2.80. The summed E-state index contributed by atoms with van der Waals surface area (Å²) in [5.41, 5.74) is 18.8. The number of rotatable bonds is 4. The number of nitrogens with one attached hydrogen (secondary N) is 2. The molecule has 1 aromatic carbocycles. The number of nitrogens with two attached hydrogens (primary N) is 3. The summed E-state index contributed by atoms with van der Waals surface area (Å²) in [5.74, 6) is -4.73. The van der Waals surface area contributed by atoms with Gasteiger partial charge in [-0.1, -0.05) is 0 Å². The minimum Gasteiger partial charge on any atom is -0.368 e. The molecule has 1 aliphatic rings. The van der Waals surface area contributed by atoms with Gasteiger partial charge in [0.25, 0.3) is 11.8 Å². The summed E-state index contributed by atoms with van der Waals surface area (Å²) in [7, 11) is 0. The van der Waals surface area contributed by atoms with Crippen LogP contribution in [0, 0.1) is 5.41 Å². The summed E-state index contributed by atoms with van der Waals surface area (Å²) in [5, 5.41) is 10.6. The highest BCUT2D eigenvalue weighted by Crippen LogP contribution is 2.33. The van der Waals surface area contributed by atoms with Crippen molar-refractivity contribution in [3.05, 3.63) is 23.7 Å². The van der Waals surface area contributed by atoms with Crippen molar-refractivity contribution in [2.24, 2.45) is 27.2 Å². The number of halogens is 2. The lowest BCUT2D eigenvalue weighted by molar-refractivity contribution is -0.111. The number of hydrogen-bond donors (Lipinski definition) is 5. The van der Waals surface area contributed by atoms with Crippen LogP contribution in [0.3, 0.4) is 0 Å². The highest BCUT2D eigenvalue weighted by atomic mass is 32.1. The van der Waals surface area contributed by atoms with E-state index in [1.165, 1.54) is 11.3 Å². The van der Waals surface area contributed by atoms with E-state index in [9.17, 15) is 13.6 Å². The average molecular weight is 422 g/mol. The van der Waals surface area contributed by atoms with Gasteiger partial charge in [-0.15, -0.1) is 11.3 Å². The fourth-order valence-electron chi connectivity index (χ4n) is 2.97. The van der Waals surface area contributed by atoms with Crippen molar-refractivity contribution in [2.75, 3.05) is 5.32 Å². The zero-order valence-corrected chi connectivity index (χ0v) is 16.0. The molecule has 0 saturated heterocycles. The van der Waals surface area contributed by atoms with Gasteiger partial charge in [0.05, 0.1) is 27.8 Å². The van der Waals surface area contributed by atoms with Crippen LogP contribution in [-0.4, -0.2) is 46.4 Å². The zero-order chi connectivity index (χ0) is 21.2. The van der Waals surface area contributed by atoms with E-state index in [2.05, 4.69) is 20.3 Å². The number of guanidine groups is 1. The lowest BCUT2D eigenvalue weighted by Crippen LogP contribution is -2.52. The van der Waals surface area contributed by atoms with Crippen LogP contribution in [0.4, 0.5) is 14.5 Å². The Morgan fingerprint density at radius 2 is 2.14 bits per heavy atom. The number of anilines is 1. The number of carbonyl (C=O) groups excluding carboxylic acids is 1. The van der Waals surface area contributed by atoms with Gasteiger partial charge in [0.2, 0.25) is 5.96 Å². The molecule has 0 aliphatic heterocycles. The van der Waals surface area contributed by atoms with Crippen molar-refractivity contribution in [2.45, 2.75) is 37.3 Å². The minimum atomic E-state index is -3.04. The molecule has 0 bridgehead atoms. The molecule has 0 spiro atoms. The second kappa shape index (κ2) is 8.17. The lowest BCUT2D eigenvalue weighted by Gasteiger charge is -2.33. The Morgan fingerprint density at radius 1 is 1.38 bits per heavy atom. The van der Waals surface area contributed by atoms with Crippen LogP contribution in [0.25, 0.3) is 10.2 Å². The maximum Gasteiger partial charge on any atom is 0.270 e. The second-order valence-corrected chi connectivity index (χ2v) is 7.48. The fourth-order valence-corrected chi connectivity index (χ4v) is 3.63. The van der Waals surface area contributed by atoms with Crippen molar-refractivity contribution in [1.29, 1.82) is 5.41 Å². The Labute approximate surface area is 168 Å². The van der Waals surface area contributed by atoms with Gasteiger partial charge in [0.15, 0.2) is 11.5 Å². The normalized spacial score (nSPS) is 22.4. The Balaban J connectivity index is 1.88. The molecular weight excluding hydrogens is 402 g/mol. The van der Waals surface area contributed by atoms with Gasteiger partial charge in [-0.2, -0.15) is 4.99 Å².